The molecule has 1 amide bonds. The lowest BCUT2D eigenvalue weighted by atomic mass is 10.2. The van der Waals surface area contributed by atoms with E-state index < -0.39 is 0 Å². The first-order chi connectivity index (χ1) is 5.16. The van der Waals surface area contributed by atoms with Gasteiger partial charge in [-0.3, -0.25) is 4.79 Å². The highest BCUT2D eigenvalue weighted by Gasteiger charge is 1.94. The summed E-state index contributed by atoms with van der Waals surface area (Å²) in [6.07, 6.45) is 1.22. The molecule has 0 bridgehead atoms. The van der Waals surface area contributed by atoms with Crippen molar-refractivity contribution in [2.75, 3.05) is 13.3 Å². The molecule has 0 saturated carbocycles. The molecule has 64 valence electrons. The highest BCUT2D eigenvalue weighted by atomic mass is 16.5. The fraction of sp³-hybridized carbons (Fsp3) is 0.625. The van der Waals surface area contributed by atoms with Gasteiger partial charge >= 0.3 is 0 Å². The van der Waals surface area contributed by atoms with E-state index in [1.807, 2.05) is 0 Å². The van der Waals surface area contributed by atoms with Crippen LogP contribution in [0.15, 0.2) is 12.7 Å². The SMILES string of the molecule is C=CC(=O)NCOCC(C)C. The first-order valence-electron chi connectivity index (χ1n) is 3.64. The fourth-order valence-electron chi connectivity index (χ4n) is 0.489. The van der Waals surface area contributed by atoms with Crippen LogP contribution in [0.2, 0.25) is 0 Å². The molecule has 0 radical (unpaired) electrons. The first kappa shape index (κ1) is 10.2. The van der Waals surface area contributed by atoms with Crippen molar-refractivity contribution >= 4 is 5.91 Å². The third-order valence-corrected chi connectivity index (χ3v) is 0.985. The minimum Gasteiger partial charge on any atom is -0.361 e. The van der Waals surface area contributed by atoms with E-state index >= 15 is 0 Å². The first-order valence-corrected chi connectivity index (χ1v) is 3.64. The molecule has 0 aromatic rings. The molecule has 11 heavy (non-hydrogen) atoms. The Morgan fingerprint density at radius 2 is 2.36 bits per heavy atom. The standard InChI is InChI=1S/C8H15NO2/c1-4-8(10)9-6-11-5-7(2)3/h4,7H,1,5-6H2,2-3H3,(H,9,10). The highest BCUT2D eigenvalue weighted by molar-refractivity contribution is 5.86. The molecule has 0 aliphatic heterocycles. The summed E-state index contributed by atoms with van der Waals surface area (Å²) in [6, 6.07) is 0. The summed E-state index contributed by atoms with van der Waals surface area (Å²) in [5, 5.41) is 2.51. The van der Waals surface area contributed by atoms with Gasteiger partial charge in [0.2, 0.25) is 5.91 Å². The van der Waals surface area contributed by atoms with Gasteiger partial charge in [0.1, 0.15) is 6.73 Å². The number of nitrogens with one attached hydrogen (secondary N) is 1. The van der Waals surface area contributed by atoms with E-state index in [4.69, 9.17) is 4.74 Å². The Bertz CT molecular complexity index is 132. The maximum atomic E-state index is 10.5. The van der Waals surface area contributed by atoms with Gasteiger partial charge in [0.05, 0.1) is 6.61 Å². The molecule has 0 spiro atoms. The zero-order valence-electron chi connectivity index (χ0n) is 7.09. The van der Waals surface area contributed by atoms with Crippen LogP contribution in [0.25, 0.3) is 0 Å². The zero-order valence-corrected chi connectivity index (χ0v) is 7.09. The smallest absolute Gasteiger partial charge is 0.245 e. The summed E-state index contributed by atoms with van der Waals surface area (Å²) in [5.41, 5.74) is 0. The van der Waals surface area contributed by atoms with Gasteiger partial charge in [0.25, 0.3) is 0 Å². The predicted molar refractivity (Wildman–Crippen MR) is 44.0 cm³/mol. The lowest BCUT2D eigenvalue weighted by Crippen LogP contribution is -2.24. The van der Waals surface area contributed by atoms with Crippen molar-refractivity contribution < 1.29 is 9.53 Å². The second-order valence-electron chi connectivity index (χ2n) is 2.65. The molecule has 0 unspecified atom stereocenters. The van der Waals surface area contributed by atoms with Crippen LogP contribution in [0.4, 0.5) is 0 Å². The minimum atomic E-state index is -0.200. The Labute approximate surface area is 67.4 Å². The molecule has 1 N–H and O–H groups in total. The number of carbonyl (C=O) groups is 1. The number of rotatable bonds is 5. The van der Waals surface area contributed by atoms with E-state index in [9.17, 15) is 4.79 Å². The maximum Gasteiger partial charge on any atom is 0.245 e. The van der Waals surface area contributed by atoms with Gasteiger partial charge in [-0.05, 0) is 12.0 Å². The second-order valence-corrected chi connectivity index (χ2v) is 2.65. The van der Waals surface area contributed by atoms with Gasteiger partial charge in [-0.25, -0.2) is 0 Å². The van der Waals surface area contributed by atoms with Crippen LogP contribution in [0, 0.1) is 5.92 Å². The molecular weight excluding hydrogens is 142 g/mol. The second kappa shape index (κ2) is 5.92. The van der Waals surface area contributed by atoms with Crippen LogP contribution in [0.3, 0.4) is 0 Å². The normalized spacial score (nSPS) is 9.73. The summed E-state index contributed by atoms with van der Waals surface area (Å²) in [4.78, 5) is 10.5. The monoisotopic (exact) mass is 157 g/mol. The van der Waals surface area contributed by atoms with E-state index in [-0.39, 0.29) is 12.6 Å². The maximum absolute atomic E-state index is 10.5. The number of ether oxygens (including phenoxy) is 1. The van der Waals surface area contributed by atoms with Gasteiger partial charge < -0.3 is 10.1 Å². The predicted octanol–water partition coefficient (Wildman–Crippen LogP) is 0.919. The van der Waals surface area contributed by atoms with Crippen LogP contribution >= 0.6 is 0 Å². The van der Waals surface area contributed by atoms with E-state index in [2.05, 4.69) is 25.7 Å². The Kier molecular flexibility index (Phi) is 5.47. The molecule has 3 nitrogen and oxygen atoms in total. The average molecular weight is 157 g/mol. The molecule has 0 aliphatic carbocycles. The summed E-state index contributed by atoms with van der Waals surface area (Å²) < 4.78 is 5.09. The van der Waals surface area contributed by atoms with E-state index in [1.165, 1.54) is 6.08 Å². The van der Waals surface area contributed by atoms with Gasteiger partial charge in [-0.1, -0.05) is 20.4 Å². The zero-order chi connectivity index (χ0) is 8.69. The number of hydrogen-bond donors (Lipinski definition) is 1. The third-order valence-electron chi connectivity index (χ3n) is 0.985. The van der Waals surface area contributed by atoms with E-state index in [0.717, 1.165) is 0 Å². The molecule has 0 fully saturated rings. The van der Waals surface area contributed by atoms with Crippen LogP contribution in [0.5, 0.6) is 0 Å². The van der Waals surface area contributed by atoms with Crippen molar-refractivity contribution in [3.8, 4) is 0 Å². The summed E-state index contributed by atoms with van der Waals surface area (Å²) in [7, 11) is 0. The minimum absolute atomic E-state index is 0.200. The summed E-state index contributed by atoms with van der Waals surface area (Å²) >= 11 is 0. The van der Waals surface area contributed by atoms with Crippen molar-refractivity contribution in [1.82, 2.24) is 5.32 Å². The Hall–Kier alpha value is -0.830. The van der Waals surface area contributed by atoms with E-state index in [0.29, 0.717) is 12.5 Å². The van der Waals surface area contributed by atoms with Crippen LogP contribution < -0.4 is 5.32 Å². The summed E-state index contributed by atoms with van der Waals surface area (Å²) in [5.74, 6) is 0.296. The Morgan fingerprint density at radius 1 is 1.73 bits per heavy atom. The molecule has 0 heterocycles. The van der Waals surface area contributed by atoms with Crippen molar-refractivity contribution in [1.29, 1.82) is 0 Å². The van der Waals surface area contributed by atoms with Gasteiger partial charge in [-0.15, -0.1) is 0 Å². The topological polar surface area (TPSA) is 38.3 Å². The van der Waals surface area contributed by atoms with Gasteiger partial charge in [0, 0.05) is 0 Å². The highest BCUT2D eigenvalue weighted by Crippen LogP contribution is 1.90. The third kappa shape index (κ3) is 7.06. The van der Waals surface area contributed by atoms with Gasteiger partial charge in [-0.2, -0.15) is 0 Å². The van der Waals surface area contributed by atoms with E-state index in [1.54, 1.807) is 0 Å². The van der Waals surface area contributed by atoms with Crippen molar-refractivity contribution in [3.63, 3.8) is 0 Å². The number of amides is 1. The molecule has 3 heteroatoms. The lowest BCUT2D eigenvalue weighted by Gasteiger charge is -2.06. The molecular formula is C8H15NO2. The Balaban J connectivity index is 3.14. The summed E-state index contributed by atoms with van der Waals surface area (Å²) in [6.45, 7) is 8.34. The van der Waals surface area contributed by atoms with Crippen molar-refractivity contribution in [3.05, 3.63) is 12.7 Å². The quantitative estimate of drug-likeness (QED) is 0.366. The number of carbonyl (C=O) groups excluding carboxylic acids is 1. The lowest BCUT2D eigenvalue weighted by molar-refractivity contribution is -0.118. The molecule has 0 aromatic heterocycles. The van der Waals surface area contributed by atoms with Crippen LogP contribution in [-0.4, -0.2) is 19.2 Å². The van der Waals surface area contributed by atoms with Gasteiger partial charge in [0.15, 0.2) is 0 Å². The molecule has 0 atom stereocenters. The molecule has 0 aromatic carbocycles. The van der Waals surface area contributed by atoms with Crippen molar-refractivity contribution in [2.24, 2.45) is 5.92 Å². The fourth-order valence-corrected chi connectivity index (χ4v) is 0.489. The molecule has 0 rings (SSSR count). The van der Waals surface area contributed by atoms with Crippen molar-refractivity contribution in [2.45, 2.75) is 13.8 Å². The largest absolute Gasteiger partial charge is 0.361 e. The van der Waals surface area contributed by atoms with Crippen LogP contribution in [0.1, 0.15) is 13.8 Å². The number of hydrogen-bond acceptors (Lipinski definition) is 2. The molecule has 0 aliphatic rings. The molecule has 0 saturated heterocycles. The average Bonchev–Trinajstić information content (AvgIpc) is 1.97. The Morgan fingerprint density at radius 3 is 2.82 bits per heavy atom. The van der Waals surface area contributed by atoms with Crippen LogP contribution in [-0.2, 0) is 9.53 Å².